The summed E-state index contributed by atoms with van der Waals surface area (Å²) in [7, 11) is 0. The number of anilines is 1. The highest BCUT2D eigenvalue weighted by Crippen LogP contribution is 2.55. The normalized spacial score (nSPS) is 23.8. The van der Waals surface area contributed by atoms with Crippen LogP contribution in [0.3, 0.4) is 0 Å². The average Bonchev–Trinajstić information content (AvgIpc) is 2.95. The highest BCUT2D eigenvalue weighted by Gasteiger charge is 2.61. The lowest BCUT2D eigenvalue weighted by molar-refractivity contribution is 1.08. The number of hydrogen-bond donors (Lipinski definition) is 0. The van der Waals surface area contributed by atoms with E-state index < -0.39 is 0 Å². The molecule has 1 nitrogen and oxygen atoms in total. The number of hydrogen-bond acceptors (Lipinski definition) is 1. The molecule has 1 spiro atoms. The van der Waals surface area contributed by atoms with E-state index in [0.29, 0.717) is 5.54 Å². The maximum atomic E-state index is 2.51. The molecule has 1 heteroatoms. The highest BCUT2D eigenvalue weighted by molar-refractivity contribution is 5.60. The first kappa shape index (κ1) is 5.64. The molecule has 0 N–H and O–H groups in total. The van der Waals surface area contributed by atoms with Crippen LogP contribution >= 0.6 is 0 Å². The van der Waals surface area contributed by atoms with Crippen molar-refractivity contribution in [2.75, 3.05) is 11.4 Å². The van der Waals surface area contributed by atoms with Crippen molar-refractivity contribution in [2.45, 2.75) is 18.4 Å². The summed E-state index contributed by atoms with van der Waals surface area (Å²) in [5, 5.41) is 0. The third-order valence-electron chi connectivity index (χ3n) is 2.82. The first-order valence-corrected chi connectivity index (χ1v) is 4.23. The van der Waals surface area contributed by atoms with Crippen molar-refractivity contribution < 1.29 is 0 Å². The molecule has 1 aromatic carbocycles. The lowest BCUT2D eigenvalue weighted by Crippen LogP contribution is -1.96. The summed E-state index contributed by atoms with van der Waals surface area (Å²) < 4.78 is 0. The largest absolute Gasteiger partial charge is 0.362 e. The molecule has 56 valence electrons. The van der Waals surface area contributed by atoms with Gasteiger partial charge in [-0.25, -0.2) is 0 Å². The predicted molar refractivity (Wildman–Crippen MR) is 45.8 cm³/mol. The monoisotopic (exact) mass is 145 g/mol. The van der Waals surface area contributed by atoms with Crippen LogP contribution in [-0.4, -0.2) is 12.1 Å². The van der Waals surface area contributed by atoms with Crippen LogP contribution < -0.4 is 4.90 Å². The van der Waals surface area contributed by atoms with Gasteiger partial charge in [0.15, 0.2) is 0 Å². The smallest absolute Gasteiger partial charge is 0.0579 e. The SMILES string of the molecule is c1ccc(N2CC23CC3)cc1. The zero-order valence-electron chi connectivity index (χ0n) is 6.46. The summed E-state index contributed by atoms with van der Waals surface area (Å²) in [5.74, 6) is 0. The summed E-state index contributed by atoms with van der Waals surface area (Å²) in [4.78, 5) is 2.51. The van der Waals surface area contributed by atoms with Crippen molar-refractivity contribution >= 4 is 5.69 Å². The van der Waals surface area contributed by atoms with E-state index in [-0.39, 0.29) is 0 Å². The predicted octanol–water partition coefficient (Wildman–Crippen LogP) is 2.04. The Kier molecular flexibility index (Phi) is 0.823. The Bertz CT molecular complexity index is 274. The molecular formula is C10H11N. The Morgan fingerprint density at radius 1 is 1.09 bits per heavy atom. The second-order valence-corrected chi connectivity index (χ2v) is 3.65. The molecule has 1 aliphatic heterocycles. The van der Waals surface area contributed by atoms with Crippen LogP contribution in [-0.2, 0) is 0 Å². The van der Waals surface area contributed by atoms with Gasteiger partial charge in [-0.1, -0.05) is 18.2 Å². The van der Waals surface area contributed by atoms with Crippen LogP contribution in [0.15, 0.2) is 30.3 Å². The summed E-state index contributed by atoms with van der Waals surface area (Å²) >= 11 is 0. The van der Waals surface area contributed by atoms with Crippen molar-refractivity contribution in [3.63, 3.8) is 0 Å². The van der Waals surface area contributed by atoms with Crippen LogP contribution in [0.25, 0.3) is 0 Å². The molecule has 11 heavy (non-hydrogen) atoms. The molecule has 2 fully saturated rings. The van der Waals surface area contributed by atoms with E-state index in [1.54, 1.807) is 0 Å². The summed E-state index contributed by atoms with van der Waals surface area (Å²) in [6.07, 6.45) is 2.84. The van der Waals surface area contributed by atoms with Gasteiger partial charge in [0.2, 0.25) is 0 Å². The van der Waals surface area contributed by atoms with Gasteiger partial charge >= 0.3 is 0 Å². The minimum atomic E-state index is 0.654. The van der Waals surface area contributed by atoms with Crippen molar-refractivity contribution in [3.05, 3.63) is 30.3 Å². The van der Waals surface area contributed by atoms with E-state index in [1.807, 2.05) is 0 Å². The van der Waals surface area contributed by atoms with E-state index in [4.69, 9.17) is 0 Å². The summed E-state index contributed by atoms with van der Waals surface area (Å²) in [5.41, 5.74) is 2.06. The standard InChI is InChI=1S/C10H11N/c1-2-4-9(5-3-1)11-8-10(11)6-7-10/h1-5H,6-8H2. The van der Waals surface area contributed by atoms with Crippen molar-refractivity contribution in [2.24, 2.45) is 0 Å². The number of rotatable bonds is 1. The van der Waals surface area contributed by atoms with Gasteiger partial charge in [0.1, 0.15) is 0 Å². The van der Waals surface area contributed by atoms with Crippen molar-refractivity contribution in [3.8, 4) is 0 Å². The van der Waals surface area contributed by atoms with E-state index in [1.165, 1.54) is 25.1 Å². The lowest BCUT2D eigenvalue weighted by Gasteiger charge is -2.01. The first-order chi connectivity index (χ1) is 5.41. The van der Waals surface area contributed by atoms with E-state index >= 15 is 0 Å². The van der Waals surface area contributed by atoms with Gasteiger partial charge in [0, 0.05) is 12.2 Å². The fourth-order valence-corrected chi connectivity index (χ4v) is 1.80. The van der Waals surface area contributed by atoms with Gasteiger partial charge in [-0.05, 0) is 25.0 Å². The Morgan fingerprint density at radius 3 is 2.36 bits per heavy atom. The minimum absolute atomic E-state index is 0.654. The molecule has 0 atom stereocenters. The third kappa shape index (κ3) is 0.710. The molecule has 0 bridgehead atoms. The van der Waals surface area contributed by atoms with Gasteiger partial charge < -0.3 is 4.90 Å². The minimum Gasteiger partial charge on any atom is -0.362 e. The van der Waals surface area contributed by atoms with E-state index in [2.05, 4.69) is 35.2 Å². The average molecular weight is 145 g/mol. The molecule has 2 aliphatic rings. The third-order valence-corrected chi connectivity index (χ3v) is 2.82. The maximum Gasteiger partial charge on any atom is 0.0579 e. The van der Waals surface area contributed by atoms with Crippen molar-refractivity contribution in [1.29, 1.82) is 0 Å². The molecule has 0 aromatic heterocycles. The van der Waals surface area contributed by atoms with Crippen LogP contribution in [0.5, 0.6) is 0 Å². The molecular weight excluding hydrogens is 134 g/mol. The van der Waals surface area contributed by atoms with Gasteiger partial charge in [0.05, 0.1) is 5.54 Å². The number of para-hydroxylation sites is 1. The Labute approximate surface area is 66.6 Å². The molecule has 1 heterocycles. The van der Waals surface area contributed by atoms with Crippen molar-refractivity contribution in [1.82, 2.24) is 0 Å². The van der Waals surface area contributed by atoms with Gasteiger partial charge in [-0.15, -0.1) is 0 Å². The lowest BCUT2D eigenvalue weighted by atomic mass is 10.3. The molecule has 1 aromatic rings. The van der Waals surface area contributed by atoms with Gasteiger partial charge in [-0.3, -0.25) is 0 Å². The number of nitrogens with zero attached hydrogens (tertiary/aromatic N) is 1. The highest BCUT2D eigenvalue weighted by atomic mass is 15.4. The van der Waals surface area contributed by atoms with Crippen LogP contribution in [0.1, 0.15) is 12.8 Å². The molecule has 0 radical (unpaired) electrons. The molecule has 3 rings (SSSR count). The summed E-state index contributed by atoms with van der Waals surface area (Å²) in [6.45, 7) is 1.30. The van der Waals surface area contributed by atoms with Crippen LogP contribution in [0.4, 0.5) is 5.69 Å². The second kappa shape index (κ2) is 1.60. The van der Waals surface area contributed by atoms with E-state index in [9.17, 15) is 0 Å². The topological polar surface area (TPSA) is 3.01 Å². The molecule has 0 amide bonds. The first-order valence-electron chi connectivity index (χ1n) is 4.23. The molecule has 1 saturated carbocycles. The van der Waals surface area contributed by atoms with Gasteiger partial charge in [0.25, 0.3) is 0 Å². The maximum absolute atomic E-state index is 2.51. The summed E-state index contributed by atoms with van der Waals surface area (Å²) in [6, 6.07) is 10.7. The molecule has 1 saturated heterocycles. The Hall–Kier alpha value is -0.980. The fraction of sp³-hybridized carbons (Fsp3) is 0.400. The van der Waals surface area contributed by atoms with Gasteiger partial charge in [-0.2, -0.15) is 0 Å². The zero-order chi connectivity index (χ0) is 7.31. The second-order valence-electron chi connectivity index (χ2n) is 3.65. The molecule has 1 aliphatic carbocycles. The fourth-order valence-electron chi connectivity index (χ4n) is 1.80. The quantitative estimate of drug-likeness (QED) is 0.546. The Morgan fingerprint density at radius 2 is 1.82 bits per heavy atom. The molecule has 0 unspecified atom stereocenters. The number of benzene rings is 1. The van der Waals surface area contributed by atoms with E-state index in [0.717, 1.165) is 0 Å². The Balaban J connectivity index is 1.91. The van der Waals surface area contributed by atoms with Crippen LogP contribution in [0, 0.1) is 0 Å². The van der Waals surface area contributed by atoms with Crippen LogP contribution in [0.2, 0.25) is 0 Å². The zero-order valence-corrected chi connectivity index (χ0v) is 6.46.